The number of urea groups is 1. The van der Waals surface area contributed by atoms with Gasteiger partial charge in [-0.25, -0.2) is 4.79 Å². The summed E-state index contributed by atoms with van der Waals surface area (Å²) in [5.74, 6) is -1.16. The van der Waals surface area contributed by atoms with Crippen LogP contribution in [0.1, 0.15) is 26.7 Å². The molecule has 3 amide bonds. The van der Waals surface area contributed by atoms with Crippen molar-refractivity contribution in [3.63, 3.8) is 0 Å². The number of amides is 3. The number of nitrogens with one attached hydrogen (secondary N) is 2. The molecule has 1 rings (SSSR count). The summed E-state index contributed by atoms with van der Waals surface area (Å²) in [6.07, 6.45) is 1.41. The molecule has 19 heavy (non-hydrogen) atoms. The summed E-state index contributed by atoms with van der Waals surface area (Å²) < 4.78 is 0. The van der Waals surface area contributed by atoms with Crippen molar-refractivity contribution in [1.29, 1.82) is 0 Å². The van der Waals surface area contributed by atoms with E-state index in [4.69, 9.17) is 5.11 Å². The molecule has 0 aromatic heterocycles. The van der Waals surface area contributed by atoms with Crippen molar-refractivity contribution in [3.05, 3.63) is 0 Å². The van der Waals surface area contributed by atoms with Crippen LogP contribution in [0.2, 0.25) is 0 Å². The molecule has 1 atom stereocenters. The molecule has 1 saturated heterocycles. The smallest absolute Gasteiger partial charge is 0.318 e. The molecule has 0 aromatic carbocycles. The fraction of sp³-hybridized carbons (Fsp3) is 0.750. The lowest BCUT2D eigenvalue weighted by atomic mass is 9.94. The fourth-order valence-electron chi connectivity index (χ4n) is 1.92. The molecule has 3 N–H and O–H groups in total. The van der Waals surface area contributed by atoms with Crippen LogP contribution in [0.4, 0.5) is 4.79 Å². The van der Waals surface area contributed by atoms with E-state index in [2.05, 4.69) is 10.6 Å². The first kappa shape index (κ1) is 15.3. The second-order valence-electron chi connectivity index (χ2n) is 5.31. The molecule has 1 aliphatic rings. The van der Waals surface area contributed by atoms with E-state index in [0.717, 1.165) is 6.42 Å². The number of carboxylic acids is 1. The molecule has 1 aliphatic heterocycles. The van der Waals surface area contributed by atoms with Crippen molar-refractivity contribution in [2.45, 2.75) is 32.7 Å². The summed E-state index contributed by atoms with van der Waals surface area (Å²) in [7, 11) is 1.53. The first-order valence-electron chi connectivity index (χ1n) is 6.29. The Kier molecular flexibility index (Phi) is 4.74. The standard InChI is InChI=1S/C12H21N3O4/c1-12(2,10(17)18)7-14-11(19)15-6-4-5-8(15)9(16)13-3/h8H,4-7H2,1-3H3,(H,13,16)(H,14,19)(H,17,18). The van der Waals surface area contributed by atoms with Crippen LogP contribution >= 0.6 is 0 Å². The van der Waals surface area contributed by atoms with Crippen LogP contribution in [-0.2, 0) is 9.59 Å². The van der Waals surface area contributed by atoms with Crippen LogP contribution in [-0.4, -0.2) is 54.1 Å². The van der Waals surface area contributed by atoms with Gasteiger partial charge >= 0.3 is 12.0 Å². The summed E-state index contributed by atoms with van der Waals surface area (Å²) in [5, 5.41) is 14.1. The first-order chi connectivity index (χ1) is 8.79. The highest BCUT2D eigenvalue weighted by Crippen LogP contribution is 2.18. The zero-order valence-electron chi connectivity index (χ0n) is 11.5. The van der Waals surface area contributed by atoms with Gasteiger partial charge in [-0.05, 0) is 26.7 Å². The summed E-state index contributed by atoms with van der Waals surface area (Å²) in [5.41, 5.74) is -1.03. The Morgan fingerprint density at radius 3 is 2.53 bits per heavy atom. The Balaban J connectivity index is 2.58. The molecule has 7 heteroatoms. The number of likely N-dealkylation sites (N-methyl/N-ethyl adjacent to an activating group) is 1. The molecule has 0 bridgehead atoms. The summed E-state index contributed by atoms with van der Waals surface area (Å²) in [6, 6.07) is -0.849. The molecule has 0 spiro atoms. The Morgan fingerprint density at radius 2 is 2.00 bits per heavy atom. The van der Waals surface area contributed by atoms with Crippen molar-refractivity contribution >= 4 is 17.9 Å². The van der Waals surface area contributed by atoms with E-state index >= 15 is 0 Å². The highest BCUT2D eigenvalue weighted by Gasteiger charge is 2.35. The maximum absolute atomic E-state index is 12.0. The number of carbonyl (C=O) groups is 3. The van der Waals surface area contributed by atoms with E-state index < -0.39 is 17.4 Å². The molecule has 0 radical (unpaired) electrons. The maximum Gasteiger partial charge on any atom is 0.318 e. The molecule has 1 unspecified atom stereocenters. The van der Waals surface area contributed by atoms with Gasteiger partial charge in [0, 0.05) is 20.1 Å². The number of carbonyl (C=O) groups excluding carboxylic acids is 2. The largest absolute Gasteiger partial charge is 0.481 e. The van der Waals surface area contributed by atoms with Crippen LogP contribution in [0.25, 0.3) is 0 Å². The maximum atomic E-state index is 12.0. The predicted octanol–water partition coefficient (Wildman–Crippen LogP) is 0.0172. The van der Waals surface area contributed by atoms with Gasteiger partial charge in [0.1, 0.15) is 6.04 Å². The number of rotatable bonds is 4. The summed E-state index contributed by atoms with van der Waals surface area (Å²) in [4.78, 5) is 36.0. The Morgan fingerprint density at radius 1 is 1.37 bits per heavy atom. The quantitative estimate of drug-likeness (QED) is 0.671. The van der Waals surface area contributed by atoms with Crippen LogP contribution in [0.15, 0.2) is 0 Å². The van der Waals surface area contributed by atoms with Gasteiger partial charge in [-0.15, -0.1) is 0 Å². The van der Waals surface area contributed by atoms with E-state index in [1.165, 1.54) is 25.8 Å². The molecular formula is C12H21N3O4. The number of carboxylic acid groups (broad SMARTS) is 1. The number of likely N-dealkylation sites (tertiary alicyclic amines) is 1. The zero-order chi connectivity index (χ0) is 14.6. The molecule has 0 aliphatic carbocycles. The molecule has 7 nitrogen and oxygen atoms in total. The highest BCUT2D eigenvalue weighted by atomic mass is 16.4. The van der Waals surface area contributed by atoms with Gasteiger partial charge in [-0.1, -0.05) is 0 Å². The topological polar surface area (TPSA) is 98.7 Å². The van der Waals surface area contributed by atoms with Gasteiger partial charge < -0.3 is 20.6 Å². The van der Waals surface area contributed by atoms with Crippen molar-refractivity contribution in [1.82, 2.24) is 15.5 Å². The normalized spacial score (nSPS) is 19.1. The number of hydrogen-bond acceptors (Lipinski definition) is 3. The van der Waals surface area contributed by atoms with Gasteiger partial charge in [-0.3, -0.25) is 9.59 Å². The third-order valence-corrected chi connectivity index (χ3v) is 3.32. The third kappa shape index (κ3) is 3.59. The molecule has 108 valence electrons. The fourth-order valence-corrected chi connectivity index (χ4v) is 1.92. The van der Waals surface area contributed by atoms with Crippen molar-refractivity contribution in [3.8, 4) is 0 Å². The number of hydrogen-bond donors (Lipinski definition) is 3. The highest BCUT2D eigenvalue weighted by molar-refractivity contribution is 5.87. The lowest BCUT2D eigenvalue weighted by Crippen LogP contribution is -2.51. The van der Waals surface area contributed by atoms with Crippen LogP contribution in [0.5, 0.6) is 0 Å². The predicted molar refractivity (Wildman–Crippen MR) is 68.6 cm³/mol. The van der Waals surface area contributed by atoms with E-state index in [-0.39, 0.29) is 18.5 Å². The van der Waals surface area contributed by atoms with Crippen molar-refractivity contribution in [2.24, 2.45) is 5.41 Å². The minimum atomic E-state index is -1.03. The van der Waals surface area contributed by atoms with Gasteiger partial charge in [0.05, 0.1) is 5.41 Å². The Hall–Kier alpha value is -1.79. The van der Waals surface area contributed by atoms with E-state index in [1.54, 1.807) is 0 Å². The Bertz CT molecular complexity index is 381. The summed E-state index contributed by atoms with van der Waals surface area (Å²) >= 11 is 0. The van der Waals surface area contributed by atoms with Crippen molar-refractivity contribution in [2.75, 3.05) is 20.1 Å². The number of aliphatic carboxylic acids is 1. The zero-order valence-corrected chi connectivity index (χ0v) is 11.5. The van der Waals surface area contributed by atoms with E-state index in [9.17, 15) is 14.4 Å². The Labute approximate surface area is 112 Å². The van der Waals surface area contributed by atoms with Crippen LogP contribution in [0, 0.1) is 5.41 Å². The van der Waals surface area contributed by atoms with Crippen LogP contribution < -0.4 is 10.6 Å². The van der Waals surface area contributed by atoms with Gasteiger partial charge in [0.25, 0.3) is 0 Å². The lowest BCUT2D eigenvalue weighted by molar-refractivity contribution is -0.146. The molecule has 0 aromatic rings. The molecule has 1 fully saturated rings. The monoisotopic (exact) mass is 271 g/mol. The first-order valence-corrected chi connectivity index (χ1v) is 6.29. The molecule has 1 heterocycles. The van der Waals surface area contributed by atoms with E-state index in [1.807, 2.05) is 0 Å². The number of nitrogens with zero attached hydrogens (tertiary/aromatic N) is 1. The van der Waals surface area contributed by atoms with E-state index in [0.29, 0.717) is 13.0 Å². The second kappa shape index (κ2) is 5.90. The van der Waals surface area contributed by atoms with Gasteiger partial charge in [-0.2, -0.15) is 0 Å². The minimum Gasteiger partial charge on any atom is -0.481 e. The SMILES string of the molecule is CNC(=O)C1CCCN1C(=O)NCC(C)(C)C(=O)O. The van der Waals surface area contributed by atoms with Gasteiger partial charge in [0.15, 0.2) is 0 Å². The molecule has 0 saturated carbocycles. The summed E-state index contributed by atoms with van der Waals surface area (Å²) in [6.45, 7) is 3.61. The second-order valence-corrected chi connectivity index (χ2v) is 5.31. The lowest BCUT2D eigenvalue weighted by Gasteiger charge is -2.26. The minimum absolute atomic E-state index is 0.0259. The van der Waals surface area contributed by atoms with Crippen molar-refractivity contribution < 1.29 is 19.5 Å². The van der Waals surface area contributed by atoms with Crippen LogP contribution in [0.3, 0.4) is 0 Å². The average molecular weight is 271 g/mol. The third-order valence-electron chi connectivity index (χ3n) is 3.32. The molecular weight excluding hydrogens is 250 g/mol. The van der Waals surface area contributed by atoms with Gasteiger partial charge in [0.2, 0.25) is 5.91 Å². The average Bonchev–Trinajstić information content (AvgIpc) is 2.84.